The van der Waals surface area contributed by atoms with Gasteiger partial charge in [0.15, 0.2) is 0 Å². The first-order valence-electron chi connectivity index (χ1n) is 9.12. The van der Waals surface area contributed by atoms with E-state index in [4.69, 9.17) is 0 Å². The highest BCUT2D eigenvalue weighted by molar-refractivity contribution is 6.15. The number of nitrogens with zero attached hydrogens (tertiary/aromatic N) is 1. The van der Waals surface area contributed by atoms with Gasteiger partial charge in [-0.05, 0) is 23.8 Å². The number of hydrogen-bond donors (Lipinski definition) is 3. The van der Waals surface area contributed by atoms with Crippen molar-refractivity contribution in [3.05, 3.63) is 71.7 Å². The maximum absolute atomic E-state index is 12.8. The SMILES string of the molecule is C=C(NC(=O)C(=C)n1[nH]c2c(-c3ccc(NC(C)=O)cc3)cccc2c1=O)C(=O)OC. The lowest BCUT2D eigenvalue weighted by Crippen LogP contribution is -2.32. The Kier molecular flexibility index (Phi) is 5.87. The van der Waals surface area contributed by atoms with E-state index in [0.717, 1.165) is 22.9 Å². The van der Waals surface area contributed by atoms with Crippen LogP contribution in [0.15, 0.2) is 66.1 Å². The van der Waals surface area contributed by atoms with E-state index in [1.54, 1.807) is 36.4 Å². The highest BCUT2D eigenvalue weighted by atomic mass is 16.5. The molecule has 158 valence electrons. The number of amides is 2. The number of hydrogen-bond acceptors (Lipinski definition) is 5. The molecule has 0 aliphatic carbocycles. The zero-order valence-corrected chi connectivity index (χ0v) is 16.9. The lowest BCUT2D eigenvalue weighted by Gasteiger charge is -2.08. The number of aromatic amines is 1. The summed E-state index contributed by atoms with van der Waals surface area (Å²) >= 11 is 0. The zero-order valence-electron chi connectivity index (χ0n) is 16.9. The Morgan fingerprint density at radius 1 is 1.06 bits per heavy atom. The van der Waals surface area contributed by atoms with E-state index in [1.807, 2.05) is 6.07 Å². The summed E-state index contributed by atoms with van der Waals surface area (Å²) < 4.78 is 5.48. The second-order valence-corrected chi connectivity index (χ2v) is 6.61. The average molecular weight is 420 g/mol. The van der Waals surface area contributed by atoms with Crippen molar-refractivity contribution in [3.63, 3.8) is 0 Å². The number of para-hydroxylation sites is 1. The van der Waals surface area contributed by atoms with Crippen molar-refractivity contribution in [2.24, 2.45) is 0 Å². The second kappa shape index (κ2) is 8.54. The van der Waals surface area contributed by atoms with Gasteiger partial charge in [-0.15, -0.1) is 0 Å². The largest absolute Gasteiger partial charge is 0.464 e. The Bertz CT molecular complexity index is 1280. The minimum atomic E-state index is -0.810. The normalized spacial score (nSPS) is 10.4. The van der Waals surface area contributed by atoms with E-state index < -0.39 is 17.4 Å². The molecule has 0 radical (unpaired) electrons. The molecule has 3 N–H and O–H groups in total. The van der Waals surface area contributed by atoms with E-state index >= 15 is 0 Å². The molecule has 0 saturated heterocycles. The van der Waals surface area contributed by atoms with Gasteiger partial charge in [-0.2, -0.15) is 0 Å². The van der Waals surface area contributed by atoms with Crippen LogP contribution in [0, 0.1) is 0 Å². The molecule has 9 heteroatoms. The molecule has 0 unspecified atom stereocenters. The van der Waals surface area contributed by atoms with Crippen molar-refractivity contribution in [2.45, 2.75) is 6.92 Å². The molecule has 3 aromatic rings. The van der Waals surface area contributed by atoms with Crippen LogP contribution in [0.25, 0.3) is 27.7 Å². The fraction of sp³-hybridized carbons (Fsp3) is 0.0909. The number of anilines is 1. The summed E-state index contributed by atoms with van der Waals surface area (Å²) in [4.78, 5) is 47.9. The van der Waals surface area contributed by atoms with Gasteiger partial charge in [-0.25, -0.2) is 9.48 Å². The summed E-state index contributed by atoms with van der Waals surface area (Å²) in [6, 6.07) is 12.3. The van der Waals surface area contributed by atoms with Gasteiger partial charge >= 0.3 is 5.97 Å². The third-order valence-corrected chi connectivity index (χ3v) is 4.47. The van der Waals surface area contributed by atoms with E-state index in [9.17, 15) is 19.2 Å². The molecule has 0 atom stereocenters. The van der Waals surface area contributed by atoms with Crippen LogP contribution in [-0.2, 0) is 19.1 Å². The minimum absolute atomic E-state index is 0.178. The van der Waals surface area contributed by atoms with Crippen molar-refractivity contribution in [1.82, 2.24) is 15.1 Å². The summed E-state index contributed by atoms with van der Waals surface area (Å²) in [6.07, 6.45) is 0. The number of methoxy groups -OCH3 is 1. The molecule has 1 heterocycles. The topological polar surface area (TPSA) is 122 Å². The number of esters is 1. The first kappa shape index (κ1) is 21.3. The van der Waals surface area contributed by atoms with Crippen molar-refractivity contribution < 1.29 is 19.1 Å². The minimum Gasteiger partial charge on any atom is -0.464 e. The molecule has 9 nitrogen and oxygen atoms in total. The van der Waals surface area contributed by atoms with E-state index in [-0.39, 0.29) is 17.3 Å². The van der Waals surface area contributed by atoms with Gasteiger partial charge in [0.25, 0.3) is 11.5 Å². The number of nitrogens with one attached hydrogen (secondary N) is 3. The average Bonchev–Trinajstić information content (AvgIpc) is 3.09. The zero-order chi connectivity index (χ0) is 22.7. The van der Waals surface area contributed by atoms with Gasteiger partial charge in [0.2, 0.25) is 5.91 Å². The Balaban J connectivity index is 1.97. The number of ether oxygens (including phenoxy) is 1. The molecule has 2 amide bonds. The Morgan fingerprint density at radius 2 is 1.74 bits per heavy atom. The summed E-state index contributed by atoms with van der Waals surface area (Å²) in [6.45, 7) is 8.48. The van der Waals surface area contributed by atoms with Crippen LogP contribution in [0.5, 0.6) is 0 Å². The lowest BCUT2D eigenvalue weighted by molar-refractivity contribution is -0.137. The molecular formula is C22H20N4O5. The molecule has 0 bridgehead atoms. The lowest BCUT2D eigenvalue weighted by atomic mass is 10.0. The summed E-state index contributed by atoms with van der Waals surface area (Å²) in [7, 11) is 1.15. The molecule has 31 heavy (non-hydrogen) atoms. The first-order chi connectivity index (χ1) is 14.7. The summed E-state index contributed by atoms with van der Waals surface area (Å²) in [5.74, 6) is -1.77. The van der Waals surface area contributed by atoms with Crippen LogP contribution in [0.1, 0.15) is 6.92 Å². The molecule has 1 aromatic heterocycles. The van der Waals surface area contributed by atoms with Crippen LogP contribution < -0.4 is 16.2 Å². The van der Waals surface area contributed by atoms with Gasteiger partial charge in [-0.1, -0.05) is 37.4 Å². The summed E-state index contributed by atoms with van der Waals surface area (Å²) in [5.41, 5.74) is 1.68. The van der Waals surface area contributed by atoms with Gasteiger partial charge in [-0.3, -0.25) is 19.5 Å². The predicted molar refractivity (Wildman–Crippen MR) is 117 cm³/mol. The van der Waals surface area contributed by atoms with Crippen LogP contribution in [0.2, 0.25) is 0 Å². The van der Waals surface area contributed by atoms with Crippen molar-refractivity contribution in [1.29, 1.82) is 0 Å². The molecule has 3 rings (SSSR count). The summed E-state index contributed by atoms with van der Waals surface area (Å²) in [5, 5.41) is 8.19. The number of fused-ring (bicyclic) bond motifs is 1. The fourth-order valence-corrected chi connectivity index (χ4v) is 2.99. The van der Waals surface area contributed by atoms with Crippen LogP contribution in [-0.4, -0.2) is 34.7 Å². The smallest absolute Gasteiger partial charge is 0.353 e. The number of H-pyrrole nitrogens is 1. The highest BCUT2D eigenvalue weighted by Gasteiger charge is 2.19. The van der Waals surface area contributed by atoms with Gasteiger partial charge in [0.1, 0.15) is 11.4 Å². The van der Waals surface area contributed by atoms with Gasteiger partial charge in [0, 0.05) is 18.2 Å². The molecule has 0 fully saturated rings. The maximum atomic E-state index is 12.8. The number of aromatic nitrogens is 2. The third-order valence-electron chi connectivity index (χ3n) is 4.47. The van der Waals surface area contributed by atoms with Crippen molar-refractivity contribution >= 4 is 40.1 Å². The highest BCUT2D eigenvalue weighted by Crippen LogP contribution is 2.27. The second-order valence-electron chi connectivity index (χ2n) is 6.61. The number of carbonyl (C=O) groups is 3. The van der Waals surface area contributed by atoms with Crippen LogP contribution >= 0.6 is 0 Å². The number of carbonyl (C=O) groups excluding carboxylic acids is 3. The number of benzene rings is 2. The molecule has 0 aliphatic heterocycles. The van der Waals surface area contributed by atoms with E-state index in [0.29, 0.717) is 16.6 Å². The molecule has 0 aliphatic rings. The maximum Gasteiger partial charge on any atom is 0.353 e. The fourth-order valence-electron chi connectivity index (χ4n) is 2.99. The Labute approximate surface area is 177 Å². The number of rotatable bonds is 6. The molecule has 2 aromatic carbocycles. The van der Waals surface area contributed by atoms with Gasteiger partial charge in [0.05, 0.1) is 18.0 Å². The van der Waals surface area contributed by atoms with Crippen LogP contribution in [0.3, 0.4) is 0 Å². The van der Waals surface area contributed by atoms with Crippen molar-refractivity contribution in [3.8, 4) is 11.1 Å². The molecular weight excluding hydrogens is 400 g/mol. The van der Waals surface area contributed by atoms with Crippen LogP contribution in [0.4, 0.5) is 5.69 Å². The Hall–Kier alpha value is -4.40. The van der Waals surface area contributed by atoms with Gasteiger partial charge < -0.3 is 15.4 Å². The third kappa shape index (κ3) is 4.30. The standard InChI is InChI=1S/C22H20N4O5/c1-12(22(30)31-4)23-20(28)13(2)26-21(29)18-7-5-6-17(19(18)25-26)15-8-10-16(11-9-15)24-14(3)27/h5-11,25H,1-2H2,3-4H3,(H,23,28)(H,24,27). The Morgan fingerprint density at radius 3 is 2.35 bits per heavy atom. The van der Waals surface area contributed by atoms with E-state index in [2.05, 4.69) is 33.6 Å². The molecule has 0 saturated carbocycles. The monoisotopic (exact) mass is 420 g/mol. The van der Waals surface area contributed by atoms with Crippen molar-refractivity contribution in [2.75, 3.05) is 12.4 Å². The quantitative estimate of drug-likeness (QED) is 0.417. The molecule has 0 spiro atoms. The first-order valence-corrected chi connectivity index (χ1v) is 9.12. The van der Waals surface area contributed by atoms with E-state index in [1.165, 1.54) is 6.92 Å². The predicted octanol–water partition coefficient (Wildman–Crippen LogP) is 2.23.